The lowest BCUT2D eigenvalue weighted by molar-refractivity contribution is -0.150. The van der Waals surface area contributed by atoms with Crippen molar-refractivity contribution in [3.63, 3.8) is 0 Å². The van der Waals surface area contributed by atoms with E-state index in [9.17, 15) is 19.6 Å². The van der Waals surface area contributed by atoms with Crippen LogP contribution in [-0.2, 0) is 19.1 Å². The molecule has 1 aliphatic rings. The predicted octanol–water partition coefficient (Wildman–Crippen LogP) is 3.58. The molecule has 1 N–H and O–H groups in total. The third-order valence-electron chi connectivity index (χ3n) is 5.20. The fourth-order valence-corrected chi connectivity index (χ4v) is 5.19. The number of allylic oxidation sites excluding steroid dienone is 1. The normalized spacial score (nSPS) is 17.8. The van der Waals surface area contributed by atoms with Crippen LogP contribution in [-0.4, -0.2) is 55.7 Å². The summed E-state index contributed by atoms with van der Waals surface area (Å²) in [6.07, 6.45) is 1.68. The van der Waals surface area contributed by atoms with Gasteiger partial charge in [-0.1, -0.05) is 31.7 Å². The molecule has 0 aromatic heterocycles. The Labute approximate surface area is 206 Å². The fourth-order valence-electron chi connectivity index (χ4n) is 3.68. The Bertz CT molecular complexity index is 969. The number of esters is 1. The second kappa shape index (κ2) is 12.7. The summed E-state index contributed by atoms with van der Waals surface area (Å²) in [5.74, 6) is -2.84. The third-order valence-corrected chi connectivity index (χ3v) is 6.82. The van der Waals surface area contributed by atoms with Crippen molar-refractivity contribution in [2.45, 2.75) is 32.6 Å². The number of carbonyl (C=O) groups excluding carboxylic acids is 3. The molecule has 10 heteroatoms. The number of nitriles is 1. The molecule has 0 bridgehead atoms. The lowest BCUT2D eigenvalue weighted by Gasteiger charge is -2.31. The van der Waals surface area contributed by atoms with Gasteiger partial charge in [0.15, 0.2) is 0 Å². The molecule has 1 aliphatic heterocycles. The number of nitrogens with one attached hydrogen (secondary N) is 1. The van der Waals surface area contributed by atoms with Crippen molar-refractivity contribution in [1.29, 1.82) is 5.26 Å². The third kappa shape index (κ3) is 6.30. The maximum absolute atomic E-state index is 12.9. The molecule has 178 valence electrons. The lowest BCUT2D eigenvalue weighted by atomic mass is 9.78. The van der Waals surface area contributed by atoms with Gasteiger partial charge in [-0.3, -0.25) is 14.4 Å². The molecule has 0 unspecified atom stereocenters. The Kier molecular flexibility index (Phi) is 10.3. The number of nitrogens with zero attached hydrogens (tertiary/aromatic N) is 2. The van der Waals surface area contributed by atoms with Gasteiger partial charge in [-0.2, -0.15) is 5.26 Å². The van der Waals surface area contributed by atoms with Gasteiger partial charge >= 0.3 is 5.97 Å². The molecule has 1 aromatic rings. The van der Waals surface area contributed by atoms with Crippen LogP contribution in [0.1, 0.15) is 38.2 Å². The van der Waals surface area contributed by atoms with Crippen molar-refractivity contribution >= 4 is 45.5 Å². The Morgan fingerprint density at radius 1 is 1.24 bits per heavy atom. The summed E-state index contributed by atoms with van der Waals surface area (Å²) >= 11 is 4.52. The highest BCUT2D eigenvalue weighted by atomic mass is 79.9. The van der Waals surface area contributed by atoms with Gasteiger partial charge < -0.3 is 19.7 Å². The molecule has 0 spiro atoms. The van der Waals surface area contributed by atoms with Gasteiger partial charge in [0.25, 0.3) is 0 Å². The molecule has 2 atom stereocenters. The Morgan fingerprint density at radius 2 is 1.91 bits per heavy atom. The molecule has 1 heterocycles. The average molecular weight is 538 g/mol. The van der Waals surface area contributed by atoms with E-state index >= 15 is 0 Å². The highest BCUT2D eigenvalue weighted by molar-refractivity contribution is 9.10. The van der Waals surface area contributed by atoms with Crippen molar-refractivity contribution in [2.24, 2.45) is 5.92 Å². The number of hydrogen-bond acceptors (Lipinski definition) is 7. The van der Waals surface area contributed by atoms with Crippen LogP contribution in [0.2, 0.25) is 0 Å². The zero-order valence-corrected chi connectivity index (χ0v) is 21.5. The number of rotatable bonds is 10. The number of benzene rings is 1. The largest absolute Gasteiger partial charge is 0.496 e. The van der Waals surface area contributed by atoms with Crippen molar-refractivity contribution in [1.82, 2.24) is 10.2 Å². The Hall–Kier alpha value is -2.51. The predicted molar refractivity (Wildman–Crippen MR) is 129 cm³/mol. The minimum absolute atomic E-state index is 0.0680. The lowest BCUT2D eigenvalue weighted by Crippen LogP contribution is -2.44. The van der Waals surface area contributed by atoms with Gasteiger partial charge in [-0.05, 0) is 46.5 Å². The molecule has 0 radical (unpaired) electrons. The van der Waals surface area contributed by atoms with Gasteiger partial charge in [0.1, 0.15) is 11.7 Å². The number of methoxy groups -OCH3 is 2. The van der Waals surface area contributed by atoms with E-state index < -0.39 is 23.7 Å². The minimum Gasteiger partial charge on any atom is -0.496 e. The molecular weight excluding hydrogens is 510 g/mol. The first-order chi connectivity index (χ1) is 15.8. The van der Waals surface area contributed by atoms with Crippen LogP contribution in [0.3, 0.4) is 0 Å². The first-order valence-corrected chi connectivity index (χ1v) is 12.4. The summed E-state index contributed by atoms with van der Waals surface area (Å²) in [5.41, 5.74) is 0.782. The summed E-state index contributed by atoms with van der Waals surface area (Å²) in [7, 11) is 2.73. The van der Waals surface area contributed by atoms with Crippen LogP contribution in [0.5, 0.6) is 5.75 Å². The number of ether oxygens (including phenoxy) is 2. The maximum atomic E-state index is 12.9. The number of halogens is 1. The highest BCUT2D eigenvalue weighted by Crippen LogP contribution is 2.42. The summed E-state index contributed by atoms with van der Waals surface area (Å²) < 4.78 is 10.7. The number of amides is 2. The van der Waals surface area contributed by atoms with E-state index in [1.165, 1.54) is 14.2 Å². The monoisotopic (exact) mass is 537 g/mol. The van der Waals surface area contributed by atoms with Gasteiger partial charge in [-0.25, -0.2) is 0 Å². The molecule has 0 saturated carbocycles. The van der Waals surface area contributed by atoms with Crippen LogP contribution in [0.4, 0.5) is 0 Å². The van der Waals surface area contributed by atoms with Crippen LogP contribution in [0.25, 0.3) is 0 Å². The maximum Gasteiger partial charge on any atom is 0.319 e. The second-order valence-corrected chi connectivity index (χ2v) is 9.23. The van der Waals surface area contributed by atoms with E-state index in [1.807, 2.05) is 13.8 Å². The van der Waals surface area contributed by atoms with Crippen molar-refractivity contribution in [3.8, 4) is 11.8 Å². The quantitative estimate of drug-likeness (QED) is 0.358. The first-order valence-electron chi connectivity index (χ1n) is 10.6. The Morgan fingerprint density at radius 3 is 2.42 bits per heavy atom. The van der Waals surface area contributed by atoms with Crippen LogP contribution >= 0.6 is 27.7 Å². The van der Waals surface area contributed by atoms with Crippen LogP contribution in [0.15, 0.2) is 33.3 Å². The number of thioether (sulfide) groups is 1. The smallest absolute Gasteiger partial charge is 0.319 e. The Balaban J connectivity index is 2.46. The van der Waals surface area contributed by atoms with E-state index in [0.29, 0.717) is 28.9 Å². The summed E-state index contributed by atoms with van der Waals surface area (Å²) in [6.45, 7) is 5.31. The number of hydrogen-bond donors (Lipinski definition) is 1. The van der Waals surface area contributed by atoms with Crippen molar-refractivity contribution in [2.75, 3.05) is 33.1 Å². The van der Waals surface area contributed by atoms with E-state index in [0.717, 1.165) is 24.6 Å². The van der Waals surface area contributed by atoms with E-state index in [4.69, 9.17) is 9.47 Å². The van der Waals surface area contributed by atoms with E-state index in [2.05, 4.69) is 27.3 Å². The molecule has 2 amide bonds. The zero-order chi connectivity index (χ0) is 24.5. The molecular formula is C23H28BrN3O5S. The van der Waals surface area contributed by atoms with Gasteiger partial charge in [-0.15, -0.1) is 0 Å². The standard InChI is InChI=1S/C23H28BrN3O5S/c1-5-9-27(10-6-2)18(28)13-33-22-15(12-25)19(20(21(29)26-22)23(30)32-4)14-7-8-17(31-3)16(24)11-14/h7-8,11,19-20H,5-6,9-10,13H2,1-4H3,(H,26,29)/t19-,20+/m1/s1. The van der Waals surface area contributed by atoms with Crippen molar-refractivity contribution in [3.05, 3.63) is 38.8 Å². The average Bonchev–Trinajstić information content (AvgIpc) is 2.81. The minimum atomic E-state index is -1.23. The first kappa shape index (κ1) is 26.7. The van der Waals surface area contributed by atoms with Crippen molar-refractivity contribution < 1.29 is 23.9 Å². The summed E-state index contributed by atoms with van der Waals surface area (Å²) in [5, 5.41) is 12.9. The summed E-state index contributed by atoms with van der Waals surface area (Å²) in [4.78, 5) is 40.0. The molecule has 1 aromatic carbocycles. The fraction of sp³-hybridized carbons (Fsp3) is 0.478. The summed E-state index contributed by atoms with van der Waals surface area (Å²) in [6, 6.07) is 7.26. The molecule has 0 saturated heterocycles. The van der Waals surface area contributed by atoms with Crippen LogP contribution < -0.4 is 10.1 Å². The van der Waals surface area contributed by atoms with E-state index in [1.54, 1.807) is 23.1 Å². The highest BCUT2D eigenvalue weighted by Gasteiger charge is 2.44. The molecule has 8 nitrogen and oxygen atoms in total. The van der Waals surface area contributed by atoms with Crippen LogP contribution in [0, 0.1) is 17.2 Å². The number of carbonyl (C=O) groups is 3. The second-order valence-electron chi connectivity index (χ2n) is 7.39. The van der Waals surface area contributed by atoms with Gasteiger partial charge in [0, 0.05) is 19.0 Å². The topological polar surface area (TPSA) is 109 Å². The van der Waals surface area contributed by atoms with Gasteiger partial charge in [0.2, 0.25) is 11.8 Å². The molecule has 0 aliphatic carbocycles. The molecule has 2 rings (SSSR count). The molecule has 0 fully saturated rings. The van der Waals surface area contributed by atoms with E-state index in [-0.39, 0.29) is 22.3 Å². The van der Waals surface area contributed by atoms with Gasteiger partial charge in [0.05, 0.1) is 41.1 Å². The molecule has 33 heavy (non-hydrogen) atoms. The zero-order valence-electron chi connectivity index (χ0n) is 19.1. The SMILES string of the molecule is CCCN(CCC)C(=O)CSC1=C(C#N)[C@@H](c2ccc(OC)c(Br)c2)[C@H](C(=O)OC)C(=O)N1.